The van der Waals surface area contributed by atoms with Gasteiger partial charge in [0.15, 0.2) is 0 Å². The molecule has 1 atom stereocenters. The Bertz CT molecular complexity index is 207. The Balaban J connectivity index is 3.58. The molecule has 88 valence electrons. The number of nitrogens with two attached hydrogens (primary N) is 1. The summed E-state index contributed by atoms with van der Waals surface area (Å²) in [5.41, 5.74) is 5.33. The molecule has 5 nitrogen and oxygen atoms in total. The van der Waals surface area contributed by atoms with E-state index in [1.807, 2.05) is 6.92 Å². The third-order valence-electron chi connectivity index (χ3n) is 1.98. The minimum absolute atomic E-state index is 0.0650. The molecule has 1 amide bonds. The van der Waals surface area contributed by atoms with Gasteiger partial charge in [0.05, 0.1) is 13.0 Å². The number of amides is 1. The lowest BCUT2D eigenvalue weighted by Gasteiger charge is -2.10. The first-order chi connectivity index (χ1) is 7.11. The lowest BCUT2D eigenvalue weighted by Crippen LogP contribution is -2.32. The van der Waals surface area contributed by atoms with Gasteiger partial charge in [-0.2, -0.15) is 0 Å². The van der Waals surface area contributed by atoms with Crippen molar-refractivity contribution in [1.82, 2.24) is 5.32 Å². The molecule has 5 heteroatoms. The number of hydrogen-bond acceptors (Lipinski definition) is 4. The summed E-state index contributed by atoms with van der Waals surface area (Å²) < 4.78 is 4.72. The van der Waals surface area contributed by atoms with E-state index in [2.05, 4.69) is 5.32 Å². The fraction of sp³-hybridized carbons (Fsp3) is 0.800. The molecule has 0 fully saturated rings. The Morgan fingerprint density at radius 3 is 2.67 bits per heavy atom. The predicted octanol–water partition coefficient (Wildman–Crippen LogP) is 0.0407. The Kier molecular flexibility index (Phi) is 7.62. The maximum Gasteiger partial charge on any atom is 0.307 e. The van der Waals surface area contributed by atoms with Crippen molar-refractivity contribution in [2.45, 2.75) is 26.7 Å². The summed E-state index contributed by atoms with van der Waals surface area (Å²) in [6, 6.07) is 0. The van der Waals surface area contributed by atoms with E-state index in [0.29, 0.717) is 26.1 Å². The molecule has 3 N–H and O–H groups in total. The standard InChI is InChI=1S/C10H20N2O3/c1-3-15-9(13)5-7-12-10(14)8(2)4-6-11/h8H,3-7,11H2,1-2H3,(H,12,14). The van der Waals surface area contributed by atoms with Crippen molar-refractivity contribution in [1.29, 1.82) is 0 Å². The Labute approximate surface area is 90.4 Å². The molecule has 0 spiro atoms. The lowest BCUT2D eigenvalue weighted by atomic mass is 10.1. The molecular formula is C10H20N2O3. The summed E-state index contributed by atoms with van der Waals surface area (Å²) >= 11 is 0. The number of carbonyl (C=O) groups is 2. The Hall–Kier alpha value is -1.10. The molecule has 0 aromatic heterocycles. The highest BCUT2D eigenvalue weighted by molar-refractivity contribution is 5.79. The number of rotatable bonds is 7. The number of esters is 1. The topological polar surface area (TPSA) is 81.4 Å². The molecule has 0 saturated carbocycles. The molecule has 0 rings (SSSR count). The third-order valence-corrected chi connectivity index (χ3v) is 1.98. The van der Waals surface area contributed by atoms with Crippen LogP contribution >= 0.6 is 0 Å². The number of nitrogens with one attached hydrogen (secondary N) is 1. The zero-order valence-corrected chi connectivity index (χ0v) is 9.41. The molecule has 0 radical (unpaired) electrons. The van der Waals surface area contributed by atoms with Crippen molar-refractivity contribution < 1.29 is 14.3 Å². The second-order valence-corrected chi connectivity index (χ2v) is 3.32. The van der Waals surface area contributed by atoms with E-state index < -0.39 is 0 Å². The van der Waals surface area contributed by atoms with Gasteiger partial charge in [-0.05, 0) is 19.9 Å². The minimum Gasteiger partial charge on any atom is -0.466 e. The van der Waals surface area contributed by atoms with Crippen LogP contribution in [0.2, 0.25) is 0 Å². The van der Waals surface area contributed by atoms with Crippen molar-refractivity contribution in [2.75, 3.05) is 19.7 Å². The summed E-state index contributed by atoms with van der Waals surface area (Å²) in [6.45, 7) is 4.75. The fourth-order valence-electron chi connectivity index (χ4n) is 1.08. The smallest absolute Gasteiger partial charge is 0.307 e. The molecule has 0 aliphatic carbocycles. The molecule has 15 heavy (non-hydrogen) atoms. The highest BCUT2D eigenvalue weighted by Gasteiger charge is 2.11. The molecule has 0 saturated heterocycles. The largest absolute Gasteiger partial charge is 0.466 e. The van der Waals surface area contributed by atoms with Crippen LogP contribution < -0.4 is 11.1 Å². The van der Waals surface area contributed by atoms with Gasteiger partial charge < -0.3 is 15.8 Å². The average Bonchev–Trinajstić information content (AvgIpc) is 2.18. The first kappa shape index (κ1) is 13.9. The van der Waals surface area contributed by atoms with Crippen LogP contribution in [-0.4, -0.2) is 31.6 Å². The van der Waals surface area contributed by atoms with Crippen molar-refractivity contribution in [3.63, 3.8) is 0 Å². The molecule has 0 aromatic rings. The fourth-order valence-corrected chi connectivity index (χ4v) is 1.08. The first-order valence-corrected chi connectivity index (χ1v) is 5.25. The highest BCUT2D eigenvalue weighted by atomic mass is 16.5. The zero-order valence-electron chi connectivity index (χ0n) is 9.41. The van der Waals surface area contributed by atoms with Crippen LogP contribution in [0.5, 0.6) is 0 Å². The Morgan fingerprint density at radius 1 is 1.47 bits per heavy atom. The van der Waals surface area contributed by atoms with Gasteiger partial charge in [0.25, 0.3) is 0 Å². The van der Waals surface area contributed by atoms with E-state index in [0.717, 1.165) is 0 Å². The first-order valence-electron chi connectivity index (χ1n) is 5.25. The normalized spacial score (nSPS) is 11.9. The predicted molar refractivity (Wildman–Crippen MR) is 57.1 cm³/mol. The number of hydrogen-bond donors (Lipinski definition) is 2. The van der Waals surface area contributed by atoms with Gasteiger partial charge in [-0.3, -0.25) is 9.59 Å². The minimum atomic E-state index is -0.288. The average molecular weight is 216 g/mol. The van der Waals surface area contributed by atoms with Gasteiger partial charge in [-0.1, -0.05) is 6.92 Å². The van der Waals surface area contributed by atoms with Gasteiger partial charge in [0.2, 0.25) is 5.91 Å². The number of ether oxygens (including phenoxy) is 1. The number of carbonyl (C=O) groups excluding carboxylic acids is 2. The molecule has 1 unspecified atom stereocenters. The van der Waals surface area contributed by atoms with E-state index in [1.165, 1.54) is 0 Å². The maximum absolute atomic E-state index is 11.4. The second-order valence-electron chi connectivity index (χ2n) is 3.32. The summed E-state index contributed by atoms with van der Waals surface area (Å²) in [7, 11) is 0. The molecule has 0 aliphatic heterocycles. The van der Waals surface area contributed by atoms with Gasteiger partial charge in [0, 0.05) is 12.5 Å². The summed E-state index contributed by atoms with van der Waals surface area (Å²) in [6.07, 6.45) is 0.875. The summed E-state index contributed by atoms with van der Waals surface area (Å²) in [5, 5.41) is 2.66. The van der Waals surface area contributed by atoms with Crippen LogP contribution in [0.15, 0.2) is 0 Å². The van der Waals surface area contributed by atoms with Crippen molar-refractivity contribution in [3.05, 3.63) is 0 Å². The van der Waals surface area contributed by atoms with Crippen molar-refractivity contribution in [2.24, 2.45) is 11.7 Å². The molecule has 0 aliphatic rings. The molecular weight excluding hydrogens is 196 g/mol. The van der Waals surface area contributed by atoms with Crippen LogP contribution in [-0.2, 0) is 14.3 Å². The van der Waals surface area contributed by atoms with E-state index in [4.69, 9.17) is 10.5 Å². The van der Waals surface area contributed by atoms with Crippen LogP contribution in [0.1, 0.15) is 26.7 Å². The van der Waals surface area contributed by atoms with Crippen LogP contribution in [0, 0.1) is 5.92 Å². The monoisotopic (exact) mass is 216 g/mol. The summed E-state index contributed by atoms with van der Waals surface area (Å²) in [5.74, 6) is -0.453. The van der Waals surface area contributed by atoms with Crippen molar-refractivity contribution in [3.8, 4) is 0 Å². The Morgan fingerprint density at radius 2 is 2.13 bits per heavy atom. The van der Waals surface area contributed by atoms with Crippen LogP contribution in [0.25, 0.3) is 0 Å². The second kappa shape index (κ2) is 8.23. The highest BCUT2D eigenvalue weighted by Crippen LogP contribution is 1.99. The third kappa shape index (κ3) is 6.90. The van der Waals surface area contributed by atoms with Gasteiger partial charge in [-0.15, -0.1) is 0 Å². The van der Waals surface area contributed by atoms with Gasteiger partial charge >= 0.3 is 5.97 Å². The van der Waals surface area contributed by atoms with E-state index in [-0.39, 0.29) is 24.2 Å². The zero-order chi connectivity index (χ0) is 11.7. The van der Waals surface area contributed by atoms with Gasteiger partial charge in [-0.25, -0.2) is 0 Å². The maximum atomic E-state index is 11.4. The van der Waals surface area contributed by atoms with Crippen molar-refractivity contribution >= 4 is 11.9 Å². The summed E-state index contributed by atoms with van der Waals surface area (Å²) in [4.78, 5) is 22.3. The quantitative estimate of drug-likeness (QED) is 0.589. The lowest BCUT2D eigenvalue weighted by molar-refractivity contribution is -0.143. The molecule has 0 bridgehead atoms. The van der Waals surface area contributed by atoms with E-state index in [1.54, 1.807) is 6.92 Å². The van der Waals surface area contributed by atoms with Crippen LogP contribution in [0.4, 0.5) is 0 Å². The van der Waals surface area contributed by atoms with E-state index >= 15 is 0 Å². The molecule has 0 aromatic carbocycles. The molecule has 0 heterocycles. The van der Waals surface area contributed by atoms with E-state index in [9.17, 15) is 9.59 Å². The SMILES string of the molecule is CCOC(=O)CCNC(=O)C(C)CCN. The van der Waals surface area contributed by atoms with Gasteiger partial charge in [0.1, 0.15) is 0 Å². The van der Waals surface area contributed by atoms with Crippen LogP contribution in [0.3, 0.4) is 0 Å².